The highest BCUT2D eigenvalue weighted by Crippen LogP contribution is 2.36. The second-order valence-corrected chi connectivity index (χ2v) is 8.11. The van der Waals surface area contributed by atoms with Crippen LogP contribution in [0.4, 0.5) is 5.69 Å². The summed E-state index contributed by atoms with van der Waals surface area (Å²) in [5, 5.41) is 8.39. The maximum atomic E-state index is 13.3. The zero-order valence-electron chi connectivity index (χ0n) is 18.1. The molecule has 8 nitrogen and oxygen atoms in total. The average Bonchev–Trinajstić information content (AvgIpc) is 3.19. The molecule has 2 aromatic carbocycles. The minimum absolute atomic E-state index is 0.0206. The van der Waals surface area contributed by atoms with Crippen molar-refractivity contribution < 1.29 is 14.3 Å². The molecule has 0 atom stereocenters. The number of rotatable bonds is 5. The van der Waals surface area contributed by atoms with Crippen molar-refractivity contribution in [3.63, 3.8) is 0 Å². The quantitative estimate of drug-likeness (QED) is 0.601. The predicted octanol–water partition coefficient (Wildman–Crippen LogP) is 3.56. The summed E-state index contributed by atoms with van der Waals surface area (Å²) in [6.07, 6.45) is 1.68. The maximum Gasteiger partial charge on any atom is 0.296 e. The van der Waals surface area contributed by atoms with Gasteiger partial charge in [-0.3, -0.25) is 19.7 Å². The van der Waals surface area contributed by atoms with E-state index in [2.05, 4.69) is 0 Å². The van der Waals surface area contributed by atoms with Crippen molar-refractivity contribution in [3.8, 4) is 17.2 Å². The summed E-state index contributed by atoms with van der Waals surface area (Å²) in [7, 11) is 4.85. The van der Waals surface area contributed by atoms with Gasteiger partial charge in [0.1, 0.15) is 5.69 Å². The molecular weight excluding hydrogens is 428 g/mol. The number of amidine groups is 1. The molecule has 4 rings (SSSR count). The molecule has 1 aliphatic heterocycles. The molecule has 1 saturated heterocycles. The Morgan fingerprint density at radius 1 is 1.00 bits per heavy atom. The Balaban J connectivity index is 1.75. The van der Waals surface area contributed by atoms with Gasteiger partial charge in [0.15, 0.2) is 16.7 Å². The van der Waals surface area contributed by atoms with E-state index < -0.39 is 5.91 Å². The summed E-state index contributed by atoms with van der Waals surface area (Å²) < 4.78 is 13.8. The molecule has 1 aromatic heterocycles. The van der Waals surface area contributed by atoms with Crippen LogP contribution in [0.25, 0.3) is 11.8 Å². The van der Waals surface area contributed by atoms with Crippen LogP contribution in [0.2, 0.25) is 0 Å². The minimum atomic E-state index is -0.416. The van der Waals surface area contributed by atoms with E-state index in [0.717, 1.165) is 17.3 Å². The van der Waals surface area contributed by atoms with Crippen LogP contribution in [0, 0.1) is 12.3 Å². The summed E-state index contributed by atoms with van der Waals surface area (Å²) in [6.45, 7) is 1.76. The fourth-order valence-electron chi connectivity index (χ4n) is 3.60. The van der Waals surface area contributed by atoms with Crippen LogP contribution in [0.15, 0.2) is 58.2 Å². The SMILES string of the molecule is COc1ccc(C=C2SC(=N)N(c3c(C)n(C)n(-c4ccccc4)c3=O)C2=O)cc1OC. The molecule has 0 spiro atoms. The topological polar surface area (TPSA) is 89.5 Å². The number of nitrogens with zero attached hydrogens (tertiary/aromatic N) is 3. The van der Waals surface area contributed by atoms with Gasteiger partial charge in [0.25, 0.3) is 11.5 Å². The van der Waals surface area contributed by atoms with Crippen molar-refractivity contribution in [1.29, 1.82) is 5.41 Å². The minimum Gasteiger partial charge on any atom is -0.493 e. The van der Waals surface area contributed by atoms with Gasteiger partial charge in [0, 0.05) is 7.05 Å². The second kappa shape index (κ2) is 8.43. The highest BCUT2D eigenvalue weighted by molar-refractivity contribution is 8.19. The molecule has 0 radical (unpaired) electrons. The van der Waals surface area contributed by atoms with Crippen LogP contribution in [-0.4, -0.2) is 34.7 Å². The molecule has 0 aliphatic carbocycles. The number of hydrogen-bond acceptors (Lipinski definition) is 6. The number of aromatic nitrogens is 2. The van der Waals surface area contributed by atoms with E-state index in [0.29, 0.717) is 27.8 Å². The first-order chi connectivity index (χ1) is 15.4. The van der Waals surface area contributed by atoms with Crippen molar-refractivity contribution in [2.45, 2.75) is 6.92 Å². The molecule has 1 aliphatic rings. The molecule has 9 heteroatoms. The number of amides is 1. The van der Waals surface area contributed by atoms with E-state index in [4.69, 9.17) is 14.9 Å². The molecule has 32 heavy (non-hydrogen) atoms. The third-order valence-corrected chi connectivity index (χ3v) is 6.16. The number of ether oxygens (including phenoxy) is 2. The van der Waals surface area contributed by atoms with Crippen LogP contribution in [-0.2, 0) is 11.8 Å². The molecule has 164 valence electrons. The lowest BCUT2D eigenvalue weighted by molar-refractivity contribution is -0.113. The molecule has 0 saturated carbocycles. The van der Waals surface area contributed by atoms with Crippen molar-refractivity contribution in [1.82, 2.24) is 9.36 Å². The molecule has 1 amide bonds. The van der Waals surface area contributed by atoms with Gasteiger partial charge in [-0.1, -0.05) is 24.3 Å². The fourth-order valence-corrected chi connectivity index (χ4v) is 4.44. The fraction of sp³-hybridized carbons (Fsp3) is 0.174. The Kier molecular flexibility index (Phi) is 5.67. The number of thioether (sulfide) groups is 1. The molecule has 3 aromatic rings. The molecule has 0 unspecified atom stereocenters. The van der Waals surface area contributed by atoms with Crippen LogP contribution in [0.1, 0.15) is 11.3 Å². The van der Waals surface area contributed by atoms with Crippen LogP contribution < -0.4 is 19.9 Å². The number of carbonyl (C=O) groups excluding carboxylic acids is 1. The molecule has 1 N–H and O–H groups in total. The Morgan fingerprint density at radius 2 is 1.69 bits per heavy atom. The van der Waals surface area contributed by atoms with Crippen molar-refractivity contribution in [2.75, 3.05) is 19.1 Å². The van der Waals surface area contributed by atoms with Gasteiger partial charge < -0.3 is 9.47 Å². The van der Waals surface area contributed by atoms with E-state index in [-0.39, 0.29) is 16.4 Å². The third kappa shape index (κ3) is 3.50. The highest BCUT2D eigenvalue weighted by Gasteiger charge is 2.38. The lowest BCUT2D eigenvalue weighted by Gasteiger charge is -2.12. The van der Waals surface area contributed by atoms with Gasteiger partial charge in [0.05, 0.1) is 30.5 Å². The number of carbonyl (C=O) groups is 1. The zero-order valence-corrected chi connectivity index (χ0v) is 18.9. The first-order valence-electron chi connectivity index (χ1n) is 9.76. The van der Waals surface area contributed by atoms with Gasteiger partial charge in [-0.15, -0.1) is 0 Å². The van der Waals surface area contributed by atoms with Crippen molar-refractivity contribution >= 4 is 34.6 Å². The number of nitrogens with one attached hydrogen (secondary N) is 1. The molecule has 0 bridgehead atoms. The van der Waals surface area contributed by atoms with Crippen molar-refractivity contribution in [3.05, 3.63) is 75.0 Å². The first kappa shape index (κ1) is 21.5. The summed E-state index contributed by atoms with van der Waals surface area (Å²) in [5.41, 5.74) is 1.81. The Bertz CT molecular complexity index is 1310. The van der Waals surface area contributed by atoms with Crippen molar-refractivity contribution in [2.24, 2.45) is 7.05 Å². The molecular formula is C23H22N4O4S. The lowest BCUT2D eigenvalue weighted by Crippen LogP contribution is -2.33. The molecule has 1 fully saturated rings. The standard InChI is InChI=1S/C23H22N4O4S/c1-14-20(22(29)27(25(14)2)16-8-6-5-7-9-16)26-21(28)19(32-23(26)24)13-15-10-11-17(30-3)18(12-15)31-4/h5-13,24H,1-4H3. The number of methoxy groups -OCH3 is 2. The smallest absolute Gasteiger partial charge is 0.296 e. The number of hydrogen-bond donors (Lipinski definition) is 1. The van der Waals surface area contributed by atoms with E-state index in [1.807, 2.05) is 30.3 Å². The number of benzene rings is 2. The van der Waals surface area contributed by atoms with E-state index in [1.165, 1.54) is 16.7 Å². The van der Waals surface area contributed by atoms with Gasteiger partial charge >= 0.3 is 0 Å². The van der Waals surface area contributed by atoms with Crippen LogP contribution in [0.5, 0.6) is 11.5 Å². The summed E-state index contributed by atoms with van der Waals surface area (Å²) in [5.74, 6) is 0.700. The Morgan fingerprint density at radius 3 is 2.34 bits per heavy atom. The normalized spacial score (nSPS) is 15.0. The highest BCUT2D eigenvalue weighted by atomic mass is 32.2. The van der Waals surface area contributed by atoms with E-state index >= 15 is 0 Å². The maximum absolute atomic E-state index is 13.3. The van der Waals surface area contributed by atoms with E-state index in [1.54, 1.807) is 50.0 Å². The monoisotopic (exact) mass is 450 g/mol. The number of anilines is 1. The van der Waals surface area contributed by atoms with Crippen LogP contribution in [0.3, 0.4) is 0 Å². The largest absolute Gasteiger partial charge is 0.493 e. The predicted molar refractivity (Wildman–Crippen MR) is 126 cm³/mol. The second-order valence-electron chi connectivity index (χ2n) is 7.08. The lowest BCUT2D eigenvalue weighted by atomic mass is 10.2. The van der Waals surface area contributed by atoms with Gasteiger partial charge in [-0.25, -0.2) is 9.58 Å². The summed E-state index contributed by atoms with van der Waals surface area (Å²) >= 11 is 1.01. The average molecular weight is 451 g/mol. The first-order valence-corrected chi connectivity index (χ1v) is 10.6. The summed E-state index contributed by atoms with van der Waals surface area (Å²) in [6, 6.07) is 14.5. The Labute approximate surface area is 189 Å². The van der Waals surface area contributed by atoms with Gasteiger partial charge in [0.2, 0.25) is 0 Å². The van der Waals surface area contributed by atoms with Gasteiger partial charge in [-0.05, 0) is 54.6 Å². The zero-order chi connectivity index (χ0) is 23.0. The van der Waals surface area contributed by atoms with Gasteiger partial charge in [-0.2, -0.15) is 0 Å². The third-order valence-electron chi connectivity index (χ3n) is 5.28. The van der Waals surface area contributed by atoms with E-state index in [9.17, 15) is 9.59 Å². The molecule has 2 heterocycles. The Hall–Kier alpha value is -3.72. The number of para-hydroxylation sites is 1. The summed E-state index contributed by atoms with van der Waals surface area (Å²) in [4.78, 5) is 28.1. The van der Waals surface area contributed by atoms with Crippen LogP contribution >= 0.6 is 11.8 Å².